The Hall–Kier alpha value is -1.72. The molecule has 6 nitrogen and oxygen atoms in total. The third-order valence-corrected chi connectivity index (χ3v) is 3.88. The summed E-state index contributed by atoms with van der Waals surface area (Å²) in [5.74, 6) is 0.911. The van der Waals surface area contributed by atoms with Crippen molar-refractivity contribution in [1.82, 2.24) is 0 Å². The molecular weight excluding hydrogens is 530 g/mol. The first-order valence-corrected chi connectivity index (χ1v) is 8.31. The Labute approximate surface area is 188 Å². The number of nitrogens with zero attached hydrogens (tertiary/aromatic N) is 1. The Morgan fingerprint density at radius 1 is 1.18 bits per heavy atom. The number of methoxy groups -OCH3 is 2. The van der Waals surface area contributed by atoms with Gasteiger partial charge in [-0.2, -0.15) is 8.78 Å². The molecule has 0 heterocycles. The first-order chi connectivity index (χ1) is 12.8. The number of halogens is 5. The number of hydrogen-bond acceptors (Lipinski definition) is 4. The van der Waals surface area contributed by atoms with E-state index in [1.807, 2.05) is 0 Å². The summed E-state index contributed by atoms with van der Waals surface area (Å²) in [7, 11) is 3.03. The fourth-order valence-electron chi connectivity index (χ4n) is 2.21. The van der Waals surface area contributed by atoms with Gasteiger partial charge in [0.25, 0.3) is 0 Å². The standard InChI is InChI=1S/C17H17Cl2F2N3O3.HI/c1-25-11-3-4-14(26-2)13(7-11)24-17(22)23-8-9-5-10(18)6-12(19)15(9)27-16(20)21;/h3-7,16H,8H2,1-2H3,(H3,22,23,24);1H. The van der Waals surface area contributed by atoms with Crippen molar-refractivity contribution in [3.05, 3.63) is 45.9 Å². The fraction of sp³-hybridized carbons (Fsp3) is 0.235. The van der Waals surface area contributed by atoms with Crippen molar-refractivity contribution in [1.29, 1.82) is 0 Å². The zero-order chi connectivity index (χ0) is 20.0. The normalized spacial score (nSPS) is 11.0. The fourth-order valence-corrected chi connectivity index (χ4v) is 2.79. The van der Waals surface area contributed by atoms with Crippen LogP contribution in [0, 0.1) is 0 Å². The Balaban J connectivity index is 0.00000392. The molecule has 0 spiro atoms. The van der Waals surface area contributed by atoms with Crippen molar-refractivity contribution < 1.29 is 23.0 Å². The summed E-state index contributed by atoms with van der Waals surface area (Å²) in [5.41, 5.74) is 6.66. The second-order valence-electron chi connectivity index (χ2n) is 5.15. The van der Waals surface area contributed by atoms with E-state index in [9.17, 15) is 8.78 Å². The lowest BCUT2D eigenvalue weighted by atomic mass is 10.2. The molecule has 0 aliphatic carbocycles. The van der Waals surface area contributed by atoms with Crippen LogP contribution in [0.2, 0.25) is 10.0 Å². The van der Waals surface area contributed by atoms with Gasteiger partial charge < -0.3 is 25.3 Å². The third kappa shape index (κ3) is 6.71. The molecule has 28 heavy (non-hydrogen) atoms. The highest BCUT2D eigenvalue weighted by molar-refractivity contribution is 14.0. The molecule has 0 saturated heterocycles. The van der Waals surface area contributed by atoms with Crippen molar-refractivity contribution in [3.8, 4) is 17.2 Å². The van der Waals surface area contributed by atoms with E-state index >= 15 is 0 Å². The lowest BCUT2D eigenvalue weighted by Gasteiger charge is -2.13. The lowest BCUT2D eigenvalue weighted by molar-refractivity contribution is -0.0503. The molecule has 0 aromatic heterocycles. The van der Waals surface area contributed by atoms with E-state index < -0.39 is 6.61 Å². The van der Waals surface area contributed by atoms with Gasteiger partial charge in [0, 0.05) is 16.7 Å². The molecular formula is C17H18Cl2F2IN3O3. The molecule has 0 unspecified atom stereocenters. The van der Waals surface area contributed by atoms with Crippen LogP contribution in [0.15, 0.2) is 35.3 Å². The number of nitrogens with two attached hydrogens (primary N) is 1. The largest absolute Gasteiger partial charge is 0.497 e. The van der Waals surface area contributed by atoms with Gasteiger partial charge in [0.05, 0.1) is 31.5 Å². The quantitative estimate of drug-likeness (QED) is 0.284. The minimum absolute atomic E-state index is 0. The number of alkyl halides is 2. The second kappa shape index (κ2) is 11.3. The number of ether oxygens (including phenoxy) is 3. The summed E-state index contributed by atoms with van der Waals surface area (Å²) in [6.07, 6.45) is 0. The minimum Gasteiger partial charge on any atom is -0.497 e. The Morgan fingerprint density at radius 2 is 1.89 bits per heavy atom. The number of anilines is 1. The highest BCUT2D eigenvalue weighted by atomic mass is 127. The predicted molar refractivity (Wildman–Crippen MR) is 117 cm³/mol. The minimum atomic E-state index is -3.04. The van der Waals surface area contributed by atoms with E-state index in [2.05, 4.69) is 15.0 Å². The molecule has 0 atom stereocenters. The van der Waals surface area contributed by atoms with Gasteiger partial charge in [-0.05, 0) is 24.3 Å². The van der Waals surface area contributed by atoms with Crippen LogP contribution in [-0.4, -0.2) is 26.8 Å². The van der Waals surface area contributed by atoms with E-state index in [-0.39, 0.29) is 57.8 Å². The monoisotopic (exact) mass is 547 g/mol. The first-order valence-electron chi connectivity index (χ1n) is 7.55. The van der Waals surface area contributed by atoms with Gasteiger partial charge in [-0.1, -0.05) is 23.2 Å². The van der Waals surface area contributed by atoms with Gasteiger partial charge in [-0.15, -0.1) is 24.0 Å². The van der Waals surface area contributed by atoms with E-state index in [1.54, 1.807) is 18.2 Å². The summed E-state index contributed by atoms with van der Waals surface area (Å²) >= 11 is 11.9. The molecule has 2 aromatic carbocycles. The molecule has 0 amide bonds. The molecule has 0 aliphatic rings. The molecule has 0 bridgehead atoms. The summed E-state index contributed by atoms with van der Waals surface area (Å²) in [4.78, 5) is 4.12. The van der Waals surface area contributed by atoms with E-state index in [4.69, 9.17) is 38.4 Å². The van der Waals surface area contributed by atoms with E-state index in [0.717, 1.165) is 0 Å². The topological polar surface area (TPSA) is 78.1 Å². The number of hydrogen-bond donors (Lipinski definition) is 2. The van der Waals surface area contributed by atoms with Gasteiger partial charge >= 0.3 is 6.61 Å². The average Bonchev–Trinajstić information content (AvgIpc) is 2.62. The maximum absolute atomic E-state index is 12.6. The predicted octanol–water partition coefficient (Wildman–Crippen LogP) is 5.16. The van der Waals surface area contributed by atoms with Crippen molar-refractivity contribution in [2.75, 3.05) is 19.5 Å². The van der Waals surface area contributed by atoms with Crippen molar-refractivity contribution >= 4 is 58.8 Å². The lowest BCUT2D eigenvalue weighted by Crippen LogP contribution is -2.23. The van der Waals surface area contributed by atoms with Crippen LogP contribution in [0.5, 0.6) is 17.2 Å². The van der Waals surface area contributed by atoms with Gasteiger partial charge in [0.2, 0.25) is 0 Å². The Kier molecular flexibility index (Phi) is 9.83. The number of benzene rings is 2. The number of aliphatic imine (C=N–C) groups is 1. The molecule has 11 heteroatoms. The average molecular weight is 548 g/mol. The summed E-state index contributed by atoms with van der Waals surface area (Å²) in [5, 5.41) is 3.07. The molecule has 0 radical (unpaired) electrons. The maximum Gasteiger partial charge on any atom is 0.387 e. The van der Waals surface area contributed by atoms with E-state index in [1.165, 1.54) is 26.4 Å². The van der Waals surface area contributed by atoms with Crippen molar-refractivity contribution in [2.24, 2.45) is 10.7 Å². The molecule has 2 rings (SSSR count). The molecule has 0 saturated carbocycles. The van der Waals surface area contributed by atoms with Crippen LogP contribution in [0.4, 0.5) is 14.5 Å². The molecule has 0 aliphatic heterocycles. The first kappa shape index (κ1) is 24.3. The van der Waals surface area contributed by atoms with Crippen molar-refractivity contribution in [2.45, 2.75) is 13.2 Å². The maximum atomic E-state index is 12.6. The van der Waals surface area contributed by atoms with Crippen LogP contribution < -0.4 is 25.3 Å². The van der Waals surface area contributed by atoms with Crippen LogP contribution in [-0.2, 0) is 6.54 Å². The van der Waals surface area contributed by atoms with Crippen LogP contribution in [0.3, 0.4) is 0 Å². The zero-order valence-corrected chi connectivity index (χ0v) is 18.7. The zero-order valence-electron chi connectivity index (χ0n) is 14.8. The molecule has 2 aromatic rings. The van der Waals surface area contributed by atoms with Crippen LogP contribution in [0.25, 0.3) is 0 Å². The van der Waals surface area contributed by atoms with Crippen LogP contribution >= 0.6 is 47.2 Å². The summed E-state index contributed by atoms with van der Waals surface area (Å²) in [6, 6.07) is 7.81. The number of guanidine groups is 1. The van der Waals surface area contributed by atoms with Gasteiger partial charge in [0.1, 0.15) is 17.2 Å². The highest BCUT2D eigenvalue weighted by Gasteiger charge is 2.15. The summed E-state index contributed by atoms with van der Waals surface area (Å²) < 4.78 is 40.1. The van der Waals surface area contributed by atoms with E-state index in [0.29, 0.717) is 17.2 Å². The second-order valence-corrected chi connectivity index (χ2v) is 5.99. The Bertz CT molecular complexity index is 842. The summed E-state index contributed by atoms with van der Waals surface area (Å²) in [6.45, 7) is -3.13. The van der Waals surface area contributed by atoms with Crippen molar-refractivity contribution in [3.63, 3.8) is 0 Å². The molecule has 154 valence electrons. The molecule has 3 N–H and O–H groups in total. The third-order valence-electron chi connectivity index (χ3n) is 3.38. The highest BCUT2D eigenvalue weighted by Crippen LogP contribution is 2.34. The van der Waals surface area contributed by atoms with Crippen LogP contribution in [0.1, 0.15) is 5.56 Å². The molecule has 0 fully saturated rings. The van der Waals surface area contributed by atoms with Gasteiger partial charge in [-0.3, -0.25) is 0 Å². The smallest absolute Gasteiger partial charge is 0.387 e. The number of rotatable bonds is 7. The number of nitrogens with one attached hydrogen (secondary N) is 1. The van der Waals surface area contributed by atoms with Gasteiger partial charge in [0.15, 0.2) is 5.96 Å². The van der Waals surface area contributed by atoms with Gasteiger partial charge in [-0.25, -0.2) is 4.99 Å². The Morgan fingerprint density at radius 3 is 2.50 bits per heavy atom. The SMILES string of the molecule is COc1ccc(OC)c(NC(N)=NCc2cc(Cl)cc(Cl)c2OC(F)F)c1.I.